The van der Waals surface area contributed by atoms with E-state index in [1.54, 1.807) is 0 Å². The zero-order valence-corrected chi connectivity index (χ0v) is 10.7. The Hall–Kier alpha value is -1.00. The van der Waals surface area contributed by atoms with Crippen LogP contribution in [-0.2, 0) is 27.6 Å². The Labute approximate surface area is 104 Å². The molecule has 0 unspecified atom stereocenters. The summed E-state index contributed by atoms with van der Waals surface area (Å²) in [5, 5.41) is 1.15. The number of benzene rings is 1. The van der Waals surface area contributed by atoms with Crippen LogP contribution in [0, 0.1) is 0 Å². The fourth-order valence-corrected chi connectivity index (χ4v) is 3.54. The van der Waals surface area contributed by atoms with Crippen LogP contribution in [0.25, 0.3) is 10.9 Å². The minimum atomic E-state index is -3.48. The zero-order chi connectivity index (χ0) is 12.0. The Kier molecular flexibility index (Phi) is 2.45. The van der Waals surface area contributed by atoms with Gasteiger partial charge >= 0.3 is 0 Å². The minimum Gasteiger partial charge on any atom is -0.358 e. The molecule has 1 aromatic heterocycles. The predicted octanol–water partition coefficient (Wildman–Crippen LogP) is 2.73. The standard InChI is InChI=1S/C12H12ClNO2S/c13-17(15,16)7-8-4-5-12-10(6-8)9-2-1-3-11(9)14-12/h4-6,14H,1-3,7H2. The van der Waals surface area contributed by atoms with Gasteiger partial charge in [0.15, 0.2) is 0 Å². The van der Waals surface area contributed by atoms with Crippen molar-refractivity contribution in [1.82, 2.24) is 4.98 Å². The SMILES string of the molecule is O=S(=O)(Cl)Cc1ccc2[nH]c3c(c2c1)CCC3. The first-order valence-corrected chi connectivity index (χ1v) is 8.05. The number of rotatable bonds is 2. The molecule has 0 fully saturated rings. The van der Waals surface area contributed by atoms with Gasteiger partial charge in [0.1, 0.15) is 0 Å². The van der Waals surface area contributed by atoms with Gasteiger partial charge < -0.3 is 4.98 Å². The highest BCUT2D eigenvalue weighted by Gasteiger charge is 2.17. The summed E-state index contributed by atoms with van der Waals surface area (Å²) in [4.78, 5) is 3.38. The van der Waals surface area contributed by atoms with Crippen LogP contribution in [0.15, 0.2) is 18.2 Å². The van der Waals surface area contributed by atoms with E-state index in [9.17, 15) is 8.42 Å². The van der Waals surface area contributed by atoms with Gasteiger partial charge in [-0.1, -0.05) is 6.07 Å². The lowest BCUT2D eigenvalue weighted by Crippen LogP contribution is -1.94. The van der Waals surface area contributed by atoms with Crippen LogP contribution in [0.1, 0.15) is 23.2 Å². The summed E-state index contributed by atoms with van der Waals surface area (Å²) >= 11 is 0. The van der Waals surface area contributed by atoms with Gasteiger partial charge in [-0.3, -0.25) is 0 Å². The average molecular weight is 270 g/mol. The van der Waals surface area contributed by atoms with Gasteiger partial charge in [-0.15, -0.1) is 0 Å². The summed E-state index contributed by atoms with van der Waals surface area (Å²) in [6, 6.07) is 5.69. The molecule has 0 saturated heterocycles. The maximum Gasteiger partial charge on any atom is 0.236 e. The molecule has 3 rings (SSSR count). The molecule has 2 aromatic rings. The predicted molar refractivity (Wildman–Crippen MR) is 68.8 cm³/mol. The molecule has 1 aliphatic rings. The second-order valence-electron chi connectivity index (χ2n) is 4.50. The van der Waals surface area contributed by atoms with Crippen LogP contribution in [-0.4, -0.2) is 13.4 Å². The van der Waals surface area contributed by atoms with E-state index >= 15 is 0 Å². The quantitative estimate of drug-likeness (QED) is 0.853. The summed E-state index contributed by atoms with van der Waals surface area (Å²) in [7, 11) is 1.79. The van der Waals surface area contributed by atoms with Crippen molar-refractivity contribution in [1.29, 1.82) is 0 Å². The molecule has 0 aliphatic heterocycles. The number of fused-ring (bicyclic) bond motifs is 3. The molecule has 1 aromatic carbocycles. The van der Waals surface area contributed by atoms with Crippen molar-refractivity contribution in [2.24, 2.45) is 0 Å². The van der Waals surface area contributed by atoms with Crippen molar-refractivity contribution >= 4 is 30.6 Å². The molecule has 90 valence electrons. The Morgan fingerprint density at radius 2 is 2.12 bits per heavy atom. The third-order valence-corrected chi connectivity index (χ3v) is 4.26. The summed E-state index contributed by atoms with van der Waals surface area (Å²) in [5.41, 5.74) is 4.48. The second kappa shape index (κ2) is 3.75. The van der Waals surface area contributed by atoms with Crippen LogP contribution < -0.4 is 0 Å². The van der Waals surface area contributed by atoms with E-state index in [1.807, 2.05) is 18.2 Å². The van der Waals surface area contributed by atoms with Crippen molar-refractivity contribution in [3.05, 3.63) is 35.0 Å². The lowest BCUT2D eigenvalue weighted by Gasteiger charge is -2.00. The molecule has 3 nitrogen and oxygen atoms in total. The Morgan fingerprint density at radius 3 is 2.88 bits per heavy atom. The van der Waals surface area contributed by atoms with Crippen LogP contribution in [0.2, 0.25) is 0 Å². The molecule has 1 N–H and O–H groups in total. The molecule has 0 atom stereocenters. The maximum atomic E-state index is 11.1. The van der Waals surface area contributed by atoms with E-state index < -0.39 is 9.05 Å². The Morgan fingerprint density at radius 1 is 1.29 bits per heavy atom. The number of halogens is 1. The average Bonchev–Trinajstić information content (AvgIpc) is 2.75. The van der Waals surface area contributed by atoms with E-state index in [4.69, 9.17) is 10.7 Å². The van der Waals surface area contributed by atoms with Gasteiger partial charge in [-0.2, -0.15) is 0 Å². The number of H-pyrrole nitrogens is 1. The summed E-state index contributed by atoms with van der Waals surface area (Å²) in [6.07, 6.45) is 3.34. The van der Waals surface area contributed by atoms with E-state index in [1.165, 1.54) is 17.7 Å². The van der Waals surface area contributed by atoms with Crippen LogP contribution in [0.3, 0.4) is 0 Å². The van der Waals surface area contributed by atoms with Gasteiger partial charge in [0.05, 0.1) is 5.75 Å². The van der Waals surface area contributed by atoms with Crippen molar-refractivity contribution in [2.75, 3.05) is 0 Å². The normalized spacial score (nSPS) is 15.4. The lowest BCUT2D eigenvalue weighted by atomic mass is 10.1. The van der Waals surface area contributed by atoms with E-state index in [2.05, 4.69) is 4.98 Å². The topological polar surface area (TPSA) is 49.9 Å². The van der Waals surface area contributed by atoms with E-state index in [0.717, 1.165) is 29.3 Å². The van der Waals surface area contributed by atoms with Crippen molar-refractivity contribution in [2.45, 2.75) is 25.0 Å². The molecule has 0 saturated carbocycles. The smallest absolute Gasteiger partial charge is 0.236 e. The van der Waals surface area contributed by atoms with Gasteiger partial charge in [0.25, 0.3) is 0 Å². The van der Waals surface area contributed by atoms with Gasteiger partial charge in [0.2, 0.25) is 9.05 Å². The highest BCUT2D eigenvalue weighted by molar-refractivity contribution is 8.13. The van der Waals surface area contributed by atoms with Crippen LogP contribution in [0.4, 0.5) is 0 Å². The molecule has 17 heavy (non-hydrogen) atoms. The zero-order valence-electron chi connectivity index (χ0n) is 9.16. The largest absolute Gasteiger partial charge is 0.358 e. The molecule has 1 heterocycles. The monoisotopic (exact) mass is 269 g/mol. The molecule has 0 bridgehead atoms. The van der Waals surface area contributed by atoms with Gasteiger partial charge in [0, 0.05) is 27.3 Å². The molecular formula is C12H12ClNO2S. The number of aromatic amines is 1. The number of aryl methyl sites for hydroxylation is 2. The van der Waals surface area contributed by atoms with E-state index in [-0.39, 0.29) is 5.75 Å². The van der Waals surface area contributed by atoms with Gasteiger partial charge in [-0.25, -0.2) is 8.42 Å². The second-order valence-corrected chi connectivity index (χ2v) is 7.28. The fourth-order valence-electron chi connectivity index (χ4n) is 2.58. The van der Waals surface area contributed by atoms with Crippen LogP contribution in [0.5, 0.6) is 0 Å². The molecule has 0 spiro atoms. The lowest BCUT2D eigenvalue weighted by molar-refractivity contribution is 0.609. The fraction of sp³-hybridized carbons (Fsp3) is 0.333. The molecule has 0 radical (unpaired) electrons. The first-order chi connectivity index (χ1) is 8.03. The van der Waals surface area contributed by atoms with Crippen molar-refractivity contribution < 1.29 is 8.42 Å². The molecule has 5 heteroatoms. The maximum absolute atomic E-state index is 11.1. The van der Waals surface area contributed by atoms with Gasteiger partial charge in [-0.05, 0) is 42.5 Å². The number of nitrogens with one attached hydrogen (secondary N) is 1. The third-order valence-electron chi connectivity index (χ3n) is 3.25. The summed E-state index contributed by atoms with van der Waals surface area (Å²) in [6.45, 7) is 0. The van der Waals surface area contributed by atoms with Crippen molar-refractivity contribution in [3.8, 4) is 0 Å². The minimum absolute atomic E-state index is 0.107. The van der Waals surface area contributed by atoms with E-state index in [0.29, 0.717) is 0 Å². The Balaban J connectivity index is 2.12. The number of hydrogen-bond donors (Lipinski definition) is 1. The molecular weight excluding hydrogens is 258 g/mol. The summed E-state index contributed by atoms with van der Waals surface area (Å²) < 4.78 is 22.1. The number of aromatic nitrogens is 1. The highest BCUT2D eigenvalue weighted by atomic mass is 35.7. The van der Waals surface area contributed by atoms with Crippen molar-refractivity contribution in [3.63, 3.8) is 0 Å². The Bertz CT molecular complexity index is 688. The molecule has 0 amide bonds. The summed E-state index contributed by atoms with van der Waals surface area (Å²) in [5.74, 6) is -0.107. The first-order valence-electron chi connectivity index (χ1n) is 5.58. The first kappa shape index (κ1) is 11.1. The highest BCUT2D eigenvalue weighted by Crippen LogP contribution is 2.30. The third kappa shape index (κ3) is 2.07. The molecule has 1 aliphatic carbocycles. The van der Waals surface area contributed by atoms with Crippen LogP contribution >= 0.6 is 10.7 Å². The number of hydrogen-bond acceptors (Lipinski definition) is 2.